The van der Waals surface area contributed by atoms with E-state index in [2.05, 4.69) is 85.8 Å². The number of aromatic amines is 2. The minimum atomic E-state index is -1.25. The number of carbonyl (C=O) groups is 3. The largest absolute Gasteiger partial charge is 0.465 e. The molecule has 2 aromatic heterocycles. The van der Waals surface area contributed by atoms with Gasteiger partial charge < -0.3 is 30.2 Å². The molecule has 0 bridgehead atoms. The van der Waals surface area contributed by atoms with Gasteiger partial charge in [-0.3, -0.25) is 14.5 Å². The Bertz CT molecular complexity index is 2390. The Kier molecular flexibility index (Phi) is 10.8. The van der Waals surface area contributed by atoms with Crippen LogP contribution in [0.1, 0.15) is 85.5 Å². The fourth-order valence-electron chi connectivity index (χ4n) is 9.14. The number of nitrogens with zero attached hydrogens (tertiary/aromatic N) is 5. The van der Waals surface area contributed by atoms with Gasteiger partial charge in [-0.05, 0) is 85.0 Å². The molecule has 3 aliphatic heterocycles. The van der Waals surface area contributed by atoms with Gasteiger partial charge in [-0.15, -0.1) is 0 Å². The Hall–Kier alpha value is -6.53. The number of benzene rings is 4. The minimum absolute atomic E-state index is 0.0819. The number of carboxylic acid groups (broad SMARTS) is 1. The van der Waals surface area contributed by atoms with E-state index in [0.717, 1.165) is 103 Å². The molecule has 4 N–H and O–H groups in total. The summed E-state index contributed by atoms with van der Waals surface area (Å²) in [6.07, 6.45) is 8.03. The lowest BCUT2D eigenvalue weighted by atomic mass is 10.0. The van der Waals surface area contributed by atoms with E-state index in [-0.39, 0.29) is 29.9 Å². The van der Waals surface area contributed by atoms with Crippen molar-refractivity contribution in [3.8, 4) is 33.6 Å². The highest BCUT2D eigenvalue weighted by Crippen LogP contribution is 2.38. The molecule has 3 aliphatic rings. The van der Waals surface area contributed by atoms with E-state index < -0.39 is 12.1 Å². The zero-order valence-corrected chi connectivity index (χ0v) is 32.8. The second-order valence-corrected chi connectivity index (χ2v) is 15.7. The summed E-state index contributed by atoms with van der Waals surface area (Å²) >= 11 is 0. The van der Waals surface area contributed by atoms with Crippen molar-refractivity contribution >= 4 is 17.9 Å². The third-order valence-corrected chi connectivity index (χ3v) is 12.1. The molecule has 3 saturated heterocycles. The standard InChI is InChI=1S/C47H48N8O4/c56-45(41(52-47(58)59)35-11-3-1-4-12-35)54-27-9-15-39(54)43-48-29-37(50-43)33-21-17-31(18-22-33)32-19-23-34(24-20-32)38-30-49-44(51-38)40-16-10-28-55(40)46(57)42(53-25-7-8-26-53)36-13-5-2-6-14-36/h1-6,11-14,17-24,29-30,39-42,52H,7-10,15-16,25-28H2,(H,48,50)(H,49,51)(H,58,59)/t39-,40-,41+,42+/m0/s1. The van der Waals surface area contributed by atoms with Crippen molar-refractivity contribution in [2.75, 3.05) is 26.2 Å². The number of imidazole rings is 2. The summed E-state index contributed by atoms with van der Waals surface area (Å²) in [5.74, 6) is 1.39. The van der Waals surface area contributed by atoms with Crippen molar-refractivity contribution in [1.29, 1.82) is 0 Å². The third-order valence-electron chi connectivity index (χ3n) is 12.1. The average Bonchev–Trinajstić information content (AvgIpc) is 4.13. The number of carbonyl (C=O) groups excluding carboxylic acids is 2. The number of hydrogen-bond acceptors (Lipinski definition) is 6. The van der Waals surface area contributed by atoms with Crippen molar-refractivity contribution in [1.82, 2.24) is 40.0 Å². The molecule has 4 aromatic carbocycles. The fourth-order valence-corrected chi connectivity index (χ4v) is 9.14. The van der Waals surface area contributed by atoms with Crippen LogP contribution in [0.3, 0.4) is 0 Å². The maximum atomic E-state index is 14.3. The van der Waals surface area contributed by atoms with Crippen LogP contribution in [0.15, 0.2) is 122 Å². The van der Waals surface area contributed by atoms with Gasteiger partial charge in [0.1, 0.15) is 23.7 Å². The van der Waals surface area contributed by atoms with Gasteiger partial charge in [0.25, 0.3) is 5.91 Å². The van der Waals surface area contributed by atoms with Gasteiger partial charge in [0.05, 0.1) is 35.9 Å². The predicted octanol–water partition coefficient (Wildman–Crippen LogP) is 8.31. The fraction of sp³-hybridized carbons (Fsp3) is 0.298. The second kappa shape index (κ2) is 16.8. The number of likely N-dealkylation sites (tertiary alicyclic amines) is 3. The van der Waals surface area contributed by atoms with Gasteiger partial charge in [0.2, 0.25) is 5.91 Å². The zero-order chi connectivity index (χ0) is 40.3. The lowest BCUT2D eigenvalue weighted by molar-refractivity contribution is -0.138. The van der Waals surface area contributed by atoms with Gasteiger partial charge in [-0.2, -0.15) is 0 Å². The first-order chi connectivity index (χ1) is 28.9. The van der Waals surface area contributed by atoms with E-state index in [1.54, 1.807) is 35.4 Å². The quantitative estimate of drug-likeness (QED) is 0.103. The Balaban J connectivity index is 0.861. The highest BCUT2D eigenvalue weighted by Gasteiger charge is 2.40. The minimum Gasteiger partial charge on any atom is -0.465 e. The molecule has 59 heavy (non-hydrogen) atoms. The summed E-state index contributed by atoms with van der Waals surface area (Å²) in [7, 11) is 0. The van der Waals surface area contributed by atoms with E-state index >= 15 is 0 Å². The summed E-state index contributed by atoms with van der Waals surface area (Å²) in [5.41, 5.74) is 7.56. The van der Waals surface area contributed by atoms with Crippen molar-refractivity contribution in [2.45, 2.75) is 62.7 Å². The highest BCUT2D eigenvalue weighted by atomic mass is 16.4. The van der Waals surface area contributed by atoms with Gasteiger partial charge in [-0.1, -0.05) is 109 Å². The molecule has 4 atom stereocenters. The van der Waals surface area contributed by atoms with E-state index in [0.29, 0.717) is 17.9 Å². The SMILES string of the molecule is O=C(O)N[C@@H](C(=O)N1CCC[C@H]1c1ncc(-c2ccc(-c3ccc(-c4cnc([C@@H]5CCCN5C(=O)[C@@H](c5ccccc5)N5CCCC5)[nH]4)cc3)cc2)[nH]1)c1ccccc1. The summed E-state index contributed by atoms with van der Waals surface area (Å²) in [4.78, 5) is 62.2. The molecule has 5 heterocycles. The van der Waals surface area contributed by atoms with Gasteiger partial charge in [0.15, 0.2) is 0 Å². The number of rotatable bonds is 11. The zero-order valence-electron chi connectivity index (χ0n) is 32.8. The molecule has 300 valence electrons. The van der Waals surface area contributed by atoms with Crippen LogP contribution in [0.5, 0.6) is 0 Å². The van der Waals surface area contributed by atoms with Crippen molar-refractivity contribution in [3.05, 3.63) is 144 Å². The molecule has 3 fully saturated rings. The number of amides is 3. The van der Waals surface area contributed by atoms with Gasteiger partial charge in [0, 0.05) is 13.1 Å². The van der Waals surface area contributed by atoms with E-state index in [9.17, 15) is 19.5 Å². The molecule has 3 amide bonds. The molecule has 6 aromatic rings. The van der Waals surface area contributed by atoms with Crippen LogP contribution < -0.4 is 5.32 Å². The number of nitrogens with one attached hydrogen (secondary N) is 3. The summed E-state index contributed by atoms with van der Waals surface area (Å²) in [6, 6.07) is 34.2. The Morgan fingerprint density at radius 1 is 0.576 bits per heavy atom. The topological polar surface area (TPSA) is 151 Å². The molecule has 9 rings (SSSR count). The van der Waals surface area contributed by atoms with E-state index in [1.807, 2.05) is 35.4 Å². The first-order valence-electron chi connectivity index (χ1n) is 20.7. The molecule has 0 radical (unpaired) electrons. The average molecular weight is 789 g/mol. The Morgan fingerprint density at radius 2 is 1.03 bits per heavy atom. The van der Waals surface area contributed by atoms with E-state index in [1.165, 1.54) is 0 Å². The van der Waals surface area contributed by atoms with Gasteiger partial charge >= 0.3 is 6.09 Å². The molecule has 0 saturated carbocycles. The normalized spacial score (nSPS) is 19.2. The molecular weight excluding hydrogens is 741 g/mol. The lowest BCUT2D eigenvalue weighted by Crippen LogP contribution is -2.42. The van der Waals surface area contributed by atoms with Crippen molar-refractivity contribution in [3.63, 3.8) is 0 Å². The van der Waals surface area contributed by atoms with Crippen LogP contribution in [-0.2, 0) is 9.59 Å². The van der Waals surface area contributed by atoms with Crippen molar-refractivity contribution < 1.29 is 19.5 Å². The van der Waals surface area contributed by atoms with Crippen LogP contribution in [0.25, 0.3) is 33.6 Å². The Labute approximate surface area is 343 Å². The first kappa shape index (κ1) is 38.0. The lowest BCUT2D eigenvalue weighted by Gasteiger charge is -2.33. The van der Waals surface area contributed by atoms with Gasteiger partial charge in [-0.25, -0.2) is 14.8 Å². The number of H-pyrrole nitrogens is 2. The summed E-state index contributed by atoms with van der Waals surface area (Å²) in [5, 5.41) is 11.9. The molecule has 0 aliphatic carbocycles. The highest BCUT2D eigenvalue weighted by molar-refractivity contribution is 5.87. The van der Waals surface area contributed by atoms with Crippen LogP contribution in [0, 0.1) is 0 Å². The molecular formula is C47H48N8O4. The second-order valence-electron chi connectivity index (χ2n) is 15.7. The molecule has 12 heteroatoms. The van der Waals surface area contributed by atoms with Crippen LogP contribution in [0.4, 0.5) is 4.79 Å². The van der Waals surface area contributed by atoms with Crippen LogP contribution >= 0.6 is 0 Å². The molecule has 0 spiro atoms. The molecule has 0 unspecified atom stereocenters. The van der Waals surface area contributed by atoms with Crippen LogP contribution in [0.2, 0.25) is 0 Å². The monoisotopic (exact) mass is 788 g/mol. The maximum Gasteiger partial charge on any atom is 0.405 e. The Morgan fingerprint density at radius 3 is 1.53 bits per heavy atom. The summed E-state index contributed by atoms with van der Waals surface area (Å²) in [6.45, 7) is 3.14. The smallest absolute Gasteiger partial charge is 0.405 e. The molecule has 12 nitrogen and oxygen atoms in total. The predicted molar refractivity (Wildman–Crippen MR) is 225 cm³/mol. The number of aromatic nitrogens is 4. The van der Waals surface area contributed by atoms with E-state index in [4.69, 9.17) is 4.98 Å². The first-order valence-corrected chi connectivity index (χ1v) is 20.7. The van der Waals surface area contributed by atoms with Crippen molar-refractivity contribution in [2.24, 2.45) is 0 Å². The summed E-state index contributed by atoms with van der Waals surface area (Å²) < 4.78 is 0. The maximum absolute atomic E-state index is 14.3. The van der Waals surface area contributed by atoms with Crippen LogP contribution in [-0.4, -0.2) is 83.8 Å². The number of hydrogen-bond donors (Lipinski definition) is 4. The third kappa shape index (κ3) is 7.88.